The van der Waals surface area contributed by atoms with Crippen LogP contribution in [0.5, 0.6) is 0 Å². The highest BCUT2D eigenvalue weighted by molar-refractivity contribution is 5.94. The molecule has 1 unspecified atom stereocenters. The van der Waals surface area contributed by atoms with Gasteiger partial charge in [-0.3, -0.25) is 15.1 Å². The summed E-state index contributed by atoms with van der Waals surface area (Å²) in [5, 5.41) is 0. The average Bonchev–Trinajstić information content (AvgIpc) is 2.87. The number of carbonyl (C=O) groups excluding carboxylic acids is 1. The van der Waals surface area contributed by atoms with Crippen molar-refractivity contribution in [2.24, 2.45) is 11.8 Å². The van der Waals surface area contributed by atoms with Crippen molar-refractivity contribution in [1.29, 1.82) is 0 Å². The van der Waals surface area contributed by atoms with Crippen LogP contribution in [0.3, 0.4) is 0 Å². The molecule has 2 heterocycles. The van der Waals surface area contributed by atoms with Crippen LogP contribution in [0.4, 0.5) is 0 Å². The van der Waals surface area contributed by atoms with E-state index in [1.165, 1.54) is 12.7 Å². The van der Waals surface area contributed by atoms with Crippen molar-refractivity contribution in [3.05, 3.63) is 23.7 Å². The smallest absolute Gasteiger partial charge is 0.268 e. The largest absolute Gasteiger partial charge is 0.467 e. The van der Waals surface area contributed by atoms with Crippen LogP contribution < -0.4 is 11.3 Å². The van der Waals surface area contributed by atoms with E-state index in [4.69, 9.17) is 10.3 Å². The fraction of sp³-hybridized carbons (Fsp3) is 0.545. The second-order valence-electron chi connectivity index (χ2n) is 4.36. The average molecular weight is 223 g/mol. The molecule has 1 atom stereocenters. The molecule has 1 aromatic heterocycles. The van der Waals surface area contributed by atoms with Gasteiger partial charge in [-0.2, -0.15) is 0 Å². The maximum atomic E-state index is 11.4. The van der Waals surface area contributed by atoms with E-state index in [9.17, 15) is 4.79 Å². The lowest BCUT2D eigenvalue weighted by Crippen LogP contribution is -2.31. The van der Waals surface area contributed by atoms with E-state index in [-0.39, 0.29) is 5.91 Å². The van der Waals surface area contributed by atoms with Gasteiger partial charge in [-0.25, -0.2) is 5.84 Å². The molecule has 1 aromatic rings. The molecule has 3 N–H and O–H groups in total. The molecule has 1 aliphatic heterocycles. The Morgan fingerprint density at radius 2 is 2.56 bits per heavy atom. The molecule has 0 aromatic carbocycles. The van der Waals surface area contributed by atoms with Crippen molar-refractivity contribution in [1.82, 2.24) is 10.3 Å². The van der Waals surface area contributed by atoms with Gasteiger partial charge in [0.05, 0.1) is 18.4 Å². The van der Waals surface area contributed by atoms with Gasteiger partial charge in [-0.15, -0.1) is 0 Å². The van der Waals surface area contributed by atoms with Crippen molar-refractivity contribution in [3.8, 4) is 0 Å². The molecule has 5 heteroatoms. The molecule has 5 nitrogen and oxygen atoms in total. The van der Waals surface area contributed by atoms with Crippen LogP contribution in [0.1, 0.15) is 29.5 Å². The van der Waals surface area contributed by atoms with E-state index in [2.05, 4.69) is 17.2 Å². The zero-order valence-electron chi connectivity index (χ0n) is 9.40. The van der Waals surface area contributed by atoms with Crippen LogP contribution in [0, 0.1) is 5.92 Å². The van der Waals surface area contributed by atoms with Crippen molar-refractivity contribution < 1.29 is 9.21 Å². The fourth-order valence-corrected chi connectivity index (χ4v) is 2.12. The lowest BCUT2D eigenvalue weighted by Gasteiger charge is -2.13. The minimum Gasteiger partial charge on any atom is -0.467 e. The van der Waals surface area contributed by atoms with Gasteiger partial charge in [0.1, 0.15) is 5.76 Å². The van der Waals surface area contributed by atoms with E-state index >= 15 is 0 Å². The molecule has 0 aliphatic carbocycles. The Balaban J connectivity index is 2.04. The first kappa shape index (κ1) is 11.2. The Morgan fingerprint density at radius 3 is 3.19 bits per heavy atom. The Morgan fingerprint density at radius 1 is 1.75 bits per heavy atom. The molecular formula is C11H17N3O2. The summed E-state index contributed by atoms with van der Waals surface area (Å²) in [6.07, 6.45) is 2.73. The third-order valence-electron chi connectivity index (χ3n) is 3.00. The SMILES string of the molecule is CC1CCN(Cc2occc2C(=O)NN)C1. The molecule has 88 valence electrons. The number of amides is 1. The van der Waals surface area contributed by atoms with Gasteiger partial charge >= 0.3 is 0 Å². The van der Waals surface area contributed by atoms with Crippen molar-refractivity contribution in [2.45, 2.75) is 19.9 Å². The molecule has 0 bridgehead atoms. The lowest BCUT2D eigenvalue weighted by atomic mass is 10.2. The number of nitrogen functional groups attached to an aromatic ring is 1. The van der Waals surface area contributed by atoms with Crippen LogP contribution in [0.2, 0.25) is 0 Å². The number of likely N-dealkylation sites (tertiary alicyclic amines) is 1. The van der Waals surface area contributed by atoms with Gasteiger partial charge < -0.3 is 4.42 Å². The maximum absolute atomic E-state index is 11.4. The Bertz CT molecular complexity index is 375. The van der Waals surface area contributed by atoms with E-state index in [1.807, 2.05) is 0 Å². The summed E-state index contributed by atoms with van der Waals surface area (Å²) in [6, 6.07) is 1.65. The Hall–Kier alpha value is -1.33. The van der Waals surface area contributed by atoms with Crippen molar-refractivity contribution >= 4 is 5.91 Å². The van der Waals surface area contributed by atoms with Gasteiger partial charge in [0.25, 0.3) is 5.91 Å². The first-order valence-electron chi connectivity index (χ1n) is 5.50. The van der Waals surface area contributed by atoms with Crippen LogP contribution in [0.25, 0.3) is 0 Å². The van der Waals surface area contributed by atoms with E-state index in [1.54, 1.807) is 6.07 Å². The minimum absolute atomic E-state index is 0.295. The molecular weight excluding hydrogens is 206 g/mol. The second-order valence-corrected chi connectivity index (χ2v) is 4.36. The number of hydrazine groups is 1. The third kappa shape index (κ3) is 2.25. The minimum atomic E-state index is -0.295. The van der Waals surface area contributed by atoms with Gasteiger partial charge in [-0.1, -0.05) is 6.92 Å². The Labute approximate surface area is 94.6 Å². The van der Waals surface area contributed by atoms with Crippen LogP contribution in [0.15, 0.2) is 16.7 Å². The maximum Gasteiger partial charge on any atom is 0.268 e. The normalized spacial score (nSPS) is 21.2. The first-order valence-corrected chi connectivity index (χ1v) is 5.50. The van der Waals surface area contributed by atoms with Gasteiger partial charge in [0, 0.05) is 6.54 Å². The molecule has 1 amide bonds. The quantitative estimate of drug-likeness (QED) is 0.450. The number of rotatable bonds is 3. The molecule has 2 rings (SSSR count). The highest BCUT2D eigenvalue weighted by Crippen LogP contribution is 2.20. The molecule has 0 saturated carbocycles. The predicted octanol–water partition coefficient (Wildman–Crippen LogP) is 0.725. The zero-order valence-corrected chi connectivity index (χ0v) is 9.40. The molecule has 1 saturated heterocycles. The number of furan rings is 1. The molecule has 1 aliphatic rings. The summed E-state index contributed by atoms with van der Waals surface area (Å²) in [4.78, 5) is 13.7. The summed E-state index contributed by atoms with van der Waals surface area (Å²) in [6.45, 7) is 5.03. The van der Waals surface area contributed by atoms with Gasteiger partial charge in [-0.05, 0) is 24.9 Å². The van der Waals surface area contributed by atoms with Gasteiger partial charge in [0.15, 0.2) is 0 Å². The molecule has 0 radical (unpaired) electrons. The zero-order chi connectivity index (χ0) is 11.5. The predicted molar refractivity (Wildman–Crippen MR) is 59.4 cm³/mol. The highest BCUT2D eigenvalue weighted by atomic mass is 16.3. The fourth-order valence-electron chi connectivity index (χ4n) is 2.12. The summed E-state index contributed by atoms with van der Waals surface area (Å²) >= 11 is 0. The summed E-state index contributed by atoms with van der Waals surface area (Å²) in [5.41, 5.74) is 2.65. The summed E-state index contributed by atoms with van der Waals surface area (Å²) < 4.78 is 5.33. The molecule has 16 heavy (non-hydrogen) atoms. The number of hydrogen-bond donors (Lipinski definition) is 2. The number of nitrogens with one attached hydrogen (secondary N) is 1. The topological polar surface area (TPSA) is 71.5 Å². The van der Waals surface area contributed by atoms with Crippen LogP contribution in [-0.4, -0.2) is 23.9 Å². The number of nitrogens with two attached hydrogens (primary N) is 1. The van der Waals surface area contributed by atoms with E-state index < -0.39 is 0 Å². The second kappa shape index (κ2) is 4.67. The lowest BCUT2D eigenvalue weighted by molar-refractivity contribution is 0.0950. The number of hydrogen-bond acceptors (Lipinski definition) is 4. The molecule has 0 spiro atoms. The van der Waals surface area contributed by atoms with Crippen molar-refractivity contribution in [2.75, 3.05) is 13.1 Å². The molecule has 1 fully saturated rings. The van der Waals surface area contributed by atoms with E-state index in [0.29, 0.717) is 17.9 Å². The summed E-state index contributed by atoms with van der Waals surface area (Å²) in [7, 11) is 0. The van der Waals surface area contributed by atoms with Crippen molar-refractivity contribution in [3.63, 3.8) is 0 Å². The summed E-state index contributed by atoms with van der Waals surface area (Å²) in [5.74, 6) is 6.23. The van der Waals surface area contributed by atoms with E-state index in [0.717, 1.165) is 19.0 Å². The third-order valence-corrected chi connectivity index (χ3v) is 3.00. The number of nitrogens with zero attached hydrogens (tertiary/aromatic N) is 1. The monoisotopic (exact) mass is 223 g/mol. The number of carbonyl (C=O) groups is 1. The highest BCUT2D eigenvalue weighted by Gasteiger charge is 2.22. The van der Waals surface area contributed by atoms with Gasteiger partial charge in [0.2, 0.25) is 0 Å². The standard InChI is InChI=1S/C11H17N3O2/c1-8-2-4-14(6-8)7-10-9(3-5-16-10)11(15)13-12/h3,5,8H,2,4,6-7,12H2,1H3,(H,13,15). The van der Waals surface area contributed by atoms with Crippen LogP contribution >= 0.6 is 0 Å². The Kier molecular flexibility index (Phi) is 3.26. The first-order chi connectivity index (χ1) is 7.70. The van der Waals surface area contributed by atoms with Crippen LogP contribution in [-0.2, 0) is 6.54 Å².